The molecule has 0 spiro atoms. The zero-order valence-electron chi connectivity index (χ0n) is 19.9. The summed E-state index contributed by atoms with van der Waals surface area (Å²) >= 11 is 0. The summed E-state index contributed by atoms with van der Waals surface area (Å²) in [5.41, 5.74) is 2.75. The van der Waals surface area contributed by atoms with Gasteiger partial charge in [0.2, 0.25) is 10.0 Å². The summed E-state index contributed by atoms with van der Waals surface area (Å²) in [5, 5.41) is 10.5. The Morgan fingerprint density at radius 2 is 1.82 bits per heavy atom. The average molecular weight is 484 g/mol. The van der Waals surface area contributed by atoms with Gasteiger partial charge in [-0.15, -0.1) is 0 Å². The number of aliphatic hydroxyl groups excluding tert-OH is 1. The second-order valence-corrected chi connectivity index (χ2v) is 10.3. The molecule has 0 aliphatic carbocycles. The first-order valence-corrected chi connectivity index (χ1v) is 12.8. The molecule has 182 valence electrons. The molecule has 3 aromatic rings. The van der Waals surface area contributed by atoms with Crippen molar-refractivity contribution in [2.24, 2.45) is 0 Å². The maximum absolute atomic E-state index is 12.6. The molecule has 0 amide bonds. The molecule has 0 aliphatic heterocycles. The standard InChI is InChI=1S/C26H33N3O4S/c1-20(26(30)14-9-21-6-5-15-27-19-21)33-24-12-10-22(11-13-24)23-7-4-8-25(18-23)34(31,32)28-16-17-29(2)3/h4-8,10-13,15,18-20,26,28,30H,9,14,16-17H2,1-3H3. The van der Waals surface area contributed by atoms with Crippen LogP contribution in [-0.4, -0.2) is 62.8 Å². The molecular weight excluding hydrogens is 450 g/mol. The van der Waals surface area contributed by atoms with Crippen molar-refractivity contribution in [2.45, 2.75) is 36.9 Å². The molecule has 1 aromatic heterocycles. The van der Waals surface area contributed by atoms with Crippen LogP contribution in [0.3, 0.4) is 0 Å². The molecule has 2 aromatic carbocycles. The second-order valence-electron chi connectivity index (χ2n) is 8.54. The maximum Gasteiger partial charge on any atom is 0.240 e. The Hall–Kier alpha value is -2.78. The predicted octanol–water partition coefficient (Wildman–Crippen LogP) is 3.35. The highest BCUT2D eigenvalue weighted by atomic mass is 32.2. The SMILES string of the molecule is CC(Oc1ccc(-c2cccc(S(=O)(=O)NCCN(C)C)c2)cc1)C(O)CCc1cccnc1. The zero-order valence-corrected chi connectivity index (χ0v) is 20.7. The summed E-state index contributed by atoms with van der Waals surface area (Å²) in [7, 11) is 0.211. The van der Waals surface area contributed by atoms with E-state index in [0.717, 1.165) is 23.1 Å². The van der Waals surface area contributed by atoms with E-state index >= 15 is 0 Å². The molecule has 0 bridgehead atoms. The molecule has 1 heterocycles. The molecule has 2 N–H and O–H groups in total. The van der Waals surface area contributed by atoms with Crippen molar-refractivity contribution in [3.8, 4) is 16.9 Å². The van der Waals surface area contributed by atoms with Gasteiger partial charge >= 0.3 is 0 Å². The lowest BCUT2D eigenvalue weighted by Gasteiger charge is -2.20. The number of aliphatic hydroxyl groups is 1. The third-order valence-electron chi connectivity index (χ3n) is 5.50. The minimum Gasteiger partial charge on any atom is -0.488 e. The van der Waals surface area contributed by atoms with E-state index in [4.69, 9.17) is 4.74 Å². The third-order valence-corrected chi connectivity index (χ3v) is 6.96. The second kappa shape index (κ2) is 12.1. The fourth-order valence-corrected chi connectivity index (χ4v) is 4.51. The van der Waals surface area contributed by atoms with Crippen molar-refractivity contribution in [3.05, 3.63) is 78.6 Å². The first-order valence-electron chi connectivity index (χ1n) is 11.3. The van der Waals surface area contributed by atoms with Crippen molar-refractivity contribution in [1.82, 2.24) is 14.6 Å². The van der Waals surface area contributed by atoms with E-state index in [1.807, 2.05) is 68.4 Å². The minimum absolute atomic E-state index is 0.231. The van der Waals surface area contributed by atoms with Gasteiger partial charge in [0, 0.05) is 25.5 Å². The van der Waals surface area contributed by atoms with E-state index in [0.29, 0.717) is 25.3 Å². The summed E-state index contributed by atoms with van der Waals surface area (Å²) < 4.78 is 33.8. The Morgan fingerprint density at radius 1 is 1.06 bits per heavy atom. The molecule has 7 nitrogen and oxygen atoms in total. The maximum atomic E-state index is 12.6. The van der Waals surface area contributed by atoms with Crippen LogP contribution in [0, 0.1) is 0 Å². The van der Waals surface area contributed by atoms with Gasteiger partial charge in [-0.2, -0.15) is 0 Å². The van der Waals surface area contributed by atoms with Gasteiger partial charge in [-0.25, -0.2) is 13.1 Å². The highest BCUT2D eigenvalue weighted by Gasteiger charge is 2.17. The Morgan fingerprint density at radius 3 is 2.50 bits per heavy atom. The van der Waals surface area contributed by atoms with E-state index in [-0.39, 0.29) is 11.0 Å². The van der Waals surface area contributed by atoms with Gasteiger partial charge in [0.25, 0.3) is 0 Å². The monoisotopic (exact) mass is 483 g/mol. The van der Waals surface area contributed by atoms with Crippen molar-refractivity contribution >= 4 is 10.0 Å². The number of hydrogen-bond donors (Lipinski definition) is 2. The van der Waals surface area contributed by atoms with Gasteiger partial charge in [-0.05, 0) is 80.9 Å². The first kappa shape index (κ1) is 25.8. The minimum atomic E-state index is -3.58. The molecule has 0 radical (unpaired) electrons. The average Bonchev–Trinajstić information content (AvgIpc) is 2.83. The molecule has 2 unspecified atom stereocenters. The lowest BCUT2D eigenvalue weighted by molar-refractivity contribution is 0.0420. The van der Waals surface area contributed by atoms with E-state index in [2.05, 4.69) is 9.71 Å². The van der Waals surface area contributed by atoms with E-state index in [1.54, 1.807) is 30.6 Å². The fraction of sp³-hybridized carbons (Fsp3) is 0.346. The number of aryl methyl sites for hydroxylation is 1. The summed E-state index contributed by atoms with van der Waals surface area (Å²) in [6.07, 6.45) is 3.86. The van der Waals surface area contributed by atoms with Crippen LogP contribution in [0.4, 0.5) is 0 Å². The number of ether oxygens (including phenoxy) is 1. The van der Waals surface area contributed by atoms with Crippen LogP contribution in [-0.2, 0) is 16.4 Å². The summed E-state index contributed by atoms with van der Waals surface area (Å²) in [6, 6.07) is 18.2. The lowest BCUT2D eigenvalue weighted by atomic mass is 10.0. The molecular formula is C26H33N3O4S. The number of aromatic nitrogens is 1. The van der Waals surface area contributed by atoms with Crippen molar-refractivity contribution < 1.29 is 18.3 Å². The van der Waals surface area contributed by atoms with E-state index in [1.165, 1.54) is 0 Å². The molecule has 0 aliphatic rings. The Balaban J connectivity index is 1.60. The smallest absolute Gasteiger partial charge is 0.240 e. The number of benzene rings is 2. The fourth-order valence-electron chi connectivity index (χ4n) is 3.44. The van der Waals surface area contributed by atoms with Gasteiger partial charge in [0.15, 0.2) is 0 Å². The number of likely N-dealkylation sites (N-methyl/N-ethyl adjacent to an activating group) is 1. The van der Waals surface area contributed by atoms with Crippen LogP contribution in [0.5, 0.6) is 5.75 Å². The summed E-state index contributed by atoms with van der Waals surface area (Å²) in [4.78, 5) is 6.25. The zero-order chi connectivity index (χ0) is 24.6. The van der Waals surface area contributed by atoms with Gasteiger partial charge in [0.05, 0.1) is 11.0 Å². The number of hydrogen-bond acceptors (Lipinski definition) is 6. The molecule has 0 saturated carbocycles. The van der Waals surface area contributed by atoms with Crippen molar-refractivity contribution in [3.63, 3.8) is 0 Å². The quantitative estimate of drug-likeness (QED) is 0.411. The number of pyridine rings is 1. The van der Waals surface area contributed by atoms with Crippen LogP contribution < -0.4 is 9.46 Å². The number of nitrogens with zero attached hydrogens (tertiary/aromatic N) is 2. The van der Waals surface area contributed by atoms with Crippen molar-refractivity contribution in [1.29, 1.82) is 0 Å². The lowest BCUT2D eigenvalue weighted by Crippen LogP contribution is -2.31. The highest BCUT2D eigenvalue weighted by molar-refractivity contribution is 7.89. The Bertz CT molecular complexity index is 1140. The molecule has 0 saturated heterocycles. The Kier molecular flexibility index (Phi) is 9.18. The normalized spacial score (nSPS) is 13.6. The van der Waals surface area contributed by atoms with E-state index in [9.17, 15) is 13.5 Å². The van der Waals surface area contributed by atoms with E-state index < -0.39 is 16.1 Å². The molecule has 2 atom stereocenters. The Labute approximate surface area is 202 Å². The molecule has 3 rings (SSSR count). The van der Waals surface area contributed by atoms with Crippen LogP contribution in [0.2, 0.25) is 0 Å². The number of sulfonamides is 1. The van der Waals surface area contributed by atoms with Gasteiger partial charge in [-0.3, -0.25) is 4.98 Å². The van der Waals surface area contributed by atoms with Crippen LogP contribution in [0.25, 0.3) is 11.1 Å². The van der Waals surface area contributed by atoms with Gasteiger partial charge in [-0.1, -0.05) is 30.3 Å². The van der Waals surface area contributed by atoms with Gasteiger partial charge in [0.1, 0.15) is 11.9 Å². The number of nitrogens with one attached hydrogen (secondary N) is 1. The third kappa shape index (κ3) is 7.63. The largest absolute Gasteiger partial charge is 0.488 e. The molecule has 34 heavy (non-hydrogen) atoms. The molecule has 0 fully saturated rings. The topological polar surface area (TPSA) is 91.8 Å². The summed E-state index contributed by atoms with van der Waals surface area (Å²) in [6.45, 7) is 2.81. The first-order chi connectivity index (χ1) is 16.2. The van der Waals surface area contributed by atoms with Crippen LogP contribution in [0.15, 0.2) is 78.0 Å². The van der Waals surface area contributed by atoms with Gasteiger partial charge < -0.3 is 14.7 Å². The van der Waals surface area contributed by atoms with Crippen LogP contribution in [0.1, 0.15) is 18.9 Å². The molecule has 8 heteroatoms. The van der Waals surface area contributed by atoms with Crippen molar-refractivity contribution in [2.75, 3.05) is 27.2 Å². The highest BCUT2D eigenvalue weighted by Crippen LogP contribution is 2.25. The predicted molar refractivity (Wildman–Crippen MR) is 134 cm³/mol. The summed E-state index contributed by atoms with van der Waals surface area (Å²) in [5.74, 6) is 0.644. The van der Waals surface area contributed by atoms with Crippen LogP contribution >= 0.6 is 0 Å². The number of rotatable bonds is 12.